The number of aromatic hydroxyl groups is 1. The van der Waals surface area contributed by atoms with Crippen molar-refractivity contribution in [3.63, 3.8) is 0 Å². The van der Waals surface area contributed by atoms with Crippen molar-refractivity contribution in [3.8, 4) is 5.88 Å². The second-order valence-corrected chi connectivity index (χ2v) is 5.03. The third-order valence-corrected chi connectivity index (χ3v) is 3.22. The largest absolute Gasteiger partial charge is 0.494 e. The predicted octanol–water partition coefficient (Wildman–Crippen LogP) is 2.35. The summed E-state index contributed by atoms with van der Waals surface area (Å²) in [5.74, 6) is -0.00541. The highest BCUT2D eigenvalue weighted by atomic mass is 32.1. The van der Waals surface area contributed by atoms with Gasteiger partial charge in [-0.15, -0.1) is 0 Å². The Morgan fingerprint density at radius 2 is 1.88 bits per heavy atom. The second kappa shape index (κ2) is 4.14. The highest BCUT2D eigenvalue weighted by Crippen LogP contribution is 2.21. The number of aromatic nitrogens is 1. The highest BCUT2D eigenvalue weighted by Gasteiger charge is 2.07. The first-order valence-electron chi connectivity index (χ1n) is 5.03. The molecule has 1 heterocycles. The van der Waals surface area contributed by atoms with E-state index >= 15 is 0 Å². The molecule has 0 radical (unpaired) electrons. The van der Waals surface area contributed by atoms with E-state index in [0.29, 0.717) is 11.3 Å². The number of benzene rings is 1. The van der Waals surface area contributed by atoms with Gasteiger partial charge in [0.05, 0.1) is 4.88 Å². The lowest BCUT2D eigenvalue weighted by atomic mass is 10.0. The minimum absolute atomic E-state index is 0.00541. The van der Waals surface area contributed by atoms with Gasteiger partial charge in [0.25, 0.3) is 0 Å². The number of rotatable bonds is 2. The maximum Gasteiger partial charge on any atom is 0.307 e. The van der Waals surface area contributed by atoms with Gasteiger partial charge in [0.2, 0.25) is 5.88 Å². The van der Waals surface area contributed by atoms with Crippen molar-refractivity contribution >= 4 is 11.3 Å². The Morgan fingerprint density at radius 1 is 1.25 bits per heavy atom. The van der Waals surface area contributed by atoms with Crippen molar-refractivity contribution in [3.05, 3.63) is 49.4 Å². The predicted molar refractivity (Wildman–Crippen MR) is 65.3 cm³/mol. The summed E-state index contributed by atoms with van der Waals surface area (Å²) < 4.78 is 0. The van der Waals surface area contributed by atoms with E-state index in [9.17, 15) is 9.90 Å². The van der Waals surface area contributed by atoms with Crippen LogP contribution in [0.15, 0.2) is 23.0 Å². The van der Waals surface area contributed by atoms with Crippen LogP contribution in [0, 0.1) is 13.8 Å². The number of H-pyrrole nitrogens is 1. The number of hydrogen-bond acceptors (Lipinski definition) is 3. The molecule has 16 heavy (non-hydrogen) atoms. The van der Waals surface area contributed by atoms with Crippen molar-refractivity contribution in [2.75, 3.05) is 0 Å². The summed E-state index contributed by atoms with van der Waals surface area (Å²) in [6, 6.07) is 6.23. The molecule has 0 aliphatic rings. The molecule has 2 aromatic rings. The SMILES string of the molecule is Cc1cc(C)cc(Cc2sc(=O)[nH]c2O)c1. The van der Waals surface area contributed by atoms with Crippen LogP contribution in [0.4, 0.5) is 0 Å². The monoisotopic (exact) mass is 235 g/mol. The van der Waals surface area contributed by atoms with Crippen LogP contribution in [0.1, 0.15) is 21.6 Å². The Labute approximate surface area is 97.4 Å². The summed E-state index contributed by atoms with van der Waals surface area (Å²) in [7, 11) is 0. The van der Waals surface area contributed by atoms with Gasteiger partial charge in [-0.3, -0.25) is 9.78 Å². The lowest BCUT2D eigenvalue weighted by Crippen LogP contribution is -1.89. The van der Waals surface area contributed by atoms with Crippen molar-refractivity contribution in [1.82, 2.24) is 4.98 Å². The van der Waals surface area contributed by atoms with Crippen LogP contribution in [0.3, 0.4) is 0 Å². The van der Waals surface area contributed by atoms with Crippen LogP contribution in [0.2, 0.25) is 0 Å². The van der Waals surface area contributed by atoms with E-state index in [1.54, 1.807) is 0 Å². The minimum atomic E-state index is -0.211. The van der Waals surface area contributed by atoms with Gasteiger partial charge < -0.3 is 5.11 Å². The smallest absolute Gasteiger partial charge is 0.307 e. The molecule has 0 unspecified atom stereocenters. The summed E-state index contributed by atoms with van der Waals surface area (Å²) in [4.78, 5) is 13.9. The fraction of sp³-hybridized carbons (Fsp3) is 0.250. The molecule has 0 aliphatic carbocycles. The van der Waals surface area contributed by atoms with Crippen molar-refractivity contribution in [2.45, 2.75) is 20.3 Å². The molecule has 0 spiro atoms. The van der Waals surface area contributed by atoms with Crippen molar-refractivity contribution < 1.29 is 5.11 Å². The maximum atomic E-state index is 11.0. The third-order valence-electron chi connectivity index (χ3n) is 2.35. The van der Waals surface area contributed by atoms with Gasteiger partial charge in [-0.2, -0.15) is 0 Å². The fourth-order valence-corrected chi connectivity index (χ4v) is 2.59. The topological polar surface area (TPSA) is 53.1 Å². The molecule has 2 N–H and O–H groups in total. The molecule has 3 nitrogen and oxygen atoms in total. The van der Waals surface area contributed by atoms with Crippen LogP contribution < -0.4 is 4.87 Å². The second-order valence-electron chi connectivity index (χ2n) is 3.96. The summed E-state index contributed by atoms with van der Waals surface area (Å²) in [5.41, 5.74) is 3.50. The molecule has 0 atom stereocenters. The molecule has 1 aromatic heterocycles. The van der Waals surface area contributed by atoms with Gasteiger partial charge in [0, 0.05) is 6.42 Å². The molecule has 2 rings (SSSR count). The maximum absolute atomic E-state index is 11.0. The zero-order chi connectivity index (χ0) is 11.7. The molecule has 0 saturated carbocycles. The van der Waals surface area contributed by atoms with Crippen LogP contribution in [-0.2, 0) is 6.42 Å². The normalized spacial score (nSPS) is 10.6. The van der Waals surface area contributed by atoms with Crippen molar-refractivity contribution in [1.29, 1.82) is 0 Å². The average Bonchev–Trinajstić information content (AvgIpc) is 2.43. The number of hydrogen-bond donors (Lipinski definition) is 2. The summed E-state index contributed by atoms with van der Waals surface area (Å²) in [5, 5.41) is 9.49. The minimum Gasteiger partial charge on any atom is -0.494 e. The van der Waals surface area contributed by atoms with Crippen LogP contribution in [0.25, 0.3) is 0 Å². The molecular formula is C12H13NO2S. The van der Waals surface area contributed by atoms with Gasteiger partial charge in [-0.25, -0.2) is 0 Å². The lowest BCUT2D eigenvalue weighted by Gasteiger charge is -2.03. The molecule has 0 bridgehead atoms. The summed E-state index contributed by atoms with van der Waals surface area (Å²) in [6.45, 7) is 4.08. The standard InChI is InChI=1S/C12H13NO2S/c1-7-3-8(2)5-9(4-7)6-10-11(14)13-12(15)16-10/h3-5,14H,6H2,1-2H3,(H,13,15). The first kappa shape index (κ1) is 11.0. The Balaban J connectivity index is 2.33. The van der Waals surface area contributed by atoms with Gasteiger partial charge >= 0.3 is 4.87 Å². The molecule has 0 amide bonds. The first-order chi connectivity index (χ1) is 7.54. The van der Waals surface area contributed by atoms with E-state index in [1.807, 2.05) is 13.8 Å². The first-order valence-corrected chi connectivity index (χ1v) is 5.84. The van der Waals surface area contributed by atoms with E-state index in [0.717, 1.165) is 16.9 Å². The Hall–Kier alpha value is -1.55. The van der Waals surface area contributed by atoms with Crippen LogP contribution in [0.5, 0.6) is 5.88 Å². The average molecular weight is 235 g/mol. The lowest BCUT2D eigenvalue weighted by molar-refractivity contribution is 0.451. The fourth-order valence-electron chi connectivity index (χ4n) is 1.83. The van der Waals surface area contributed by atoms with Crippen LogP contribution >= 0.6 is 11.3 Å². The zero-order valence-electron chi connectivity index (χ0n) is 9.20. The zero-order valence-corrected chi connectivity index (χ0v) is 10.0. The molecule has 0 aliphatic heterocycles. The summed E-state index contributed by atoms with van der Waals surface area (Å²) in [6.07, 6.45) is 0.595. The van der Waals surface area contributed by atoms with Crippen LogP contribution in [-0.4, -0.2) is 10.1 Å². The Morgan fingerprint density at radius 3 is 2.38 bits per heavy atom. The third kappa shape index (κ3) is 2.33. The molecule has 0 saturated heterocycles. The quantitative estimate of drug-likeness (QED) is 0.839. The van der Waals surface area contributed by atoms with Crippen molar-refractivity contribution in [2.24, 2.45) is 0 Å². The van der Waals surface area contributed by atoms with E-state index in [1.165, 1.54) is 11.1 Å². The highest BCUT2D eigenvalue weighted by molar-refractivity contribution is 7.09. The molecule has 4 heteroatoms. The van der Waals surface area contributed by atoms with E-state index in [-0.39, 0.29) is 10.8 Å². The Bertz CT molecular complexity index is 548. The number of aromatic amines is 1. The summed E-state index contributed by atoms with van der Waals surface area (Å²) >= 11 is 1.06. The molecule has 1 aromatic carbocycles. The number of nitrogens with one attached hydrogen (secondary N) is 1. The molecular weight excluding hydrogens is 222 g/mol. The van der Waals surface area contributed by atoms with Gasteiger partial charge in [0.1, 0.15) is 0 Å². The number of aryl methyl sites for hydroxylation is 2. The van der Waals surface area contributed by atoms with Gasteiger partial charge in [-0.05, 0) is 19.4 Å². The Kier molecular flexibility index (Phi) is 2.83. The van der Waals surface area contributed by atoms with E-state index in [2.05, 4.69) is 23.2 Å². The molecule has 84 valence electrons. The van der Waals surface area contributed by atoms with E-state index < -0.39 is 0 Å². The van der Waals surface area contributed by atoms with E-state index in [4.69, 9.17) is 0 Å². The number of thiazole rings is 1. The van der Waals surface area contributed by atoms with Gasteiger partial charge in [0.15, 0.2) is 0 Å². The molecule has 0 fully saturated rings. The van der Waals surface area contributed by atoms with Gasteiger partial charge in [-0.1, -0.05) is 40.7 Å².